The first kappa shape index (κ1) is 17.0. The first-order valence-corrected chi connectivity index (χ1v) is 8.76. The van der Waals surface area contributed by atoms with Crippen molar-refractivity contribution in [2.45, 2.75) is 36.6 Å². The molecule has 7 heteroatoms. The minimum atomic E-state index is -3.56. The molecule has 0 aromatic heterocycles. The van der Waals surface area contributed by atoms with Gasteiger partial charge in [0.1, 0.15) is 11.5 Å². The zero-order valence-corrected chi connectivity index (χ0v) is 14.0. The van der Waals surface area contributed by atoms with Crippen molar-refractivity contribution in [1.29, 1.82) is 0 Å². The lowest BCUT2D eigenvalue weighted by molar-refractivity contribution is 0.0537. The summed E-state index contributed by atoms with van der Waals surface area (Å²) in [5.74, 6) is -0.491. The molecule has 5 nitrogen and oxygen atoms in total. The molecule has 1 aromatic rings. The van der Waals surface area contributed by atoms with E-state index in [0.29, 0.717) is 5.33 Å². The van der Waals surface area contributed by atoms with Crippen LogP contribution in [0.15, 0.2) is 29.2 Å². The Labute approximate surface area is 127 Å². The molecule has 0 fully saturated rings. The lowest BCUT2D eigenvalue weighted by atomic mass is 10.2. The molecule has 0 heterocycles. The van der Waals surface area contributed by atoms with Crippen LogP contribution in [0.2, 0.25) is 0 Å². The minimum absolute atomic E-state index is 0.165. The van der Waals surface area contributed by atoms with Crippen LogP contribution in [-0.4, -0.2) is 26.0 Å². The molecule has 1 rings (SSSR count). The molecule has 0 radical (unpaired) electrons. The summed E-state index contributed by atoms with van der Waals surface area (Å²) in [5.41, 5.74) is 0.315. The van der Waals surface area contributed by atoms with Gasteiger partial charge in [0.15, 0.2) is 9.84 Å². The average molecular weight is 364 g/mol. The maximum Gasteiger partial charge on any atom is 0.408 e. The quantitative estimate of drug-likeness (QED) is 0.834. The number of hydrogen-bond donors (Lipinski definition) is 1. The number of amides is 1. The Kier molecular flexibility index (Phi) is 5.59. The lowest BCUT2D eigenvalue weighted by Crippen LogP contribution is -2.35. The molecule has 0 aliphatic heterocycles. The van der Waals surface area contributed by atoms with Crippen LogP contribution in [0.1, 0.15) is 26.3 Å². The fourth-order valence-electron chi connectivity index (χ4n) is 1.34. The highest BCUT2D eigenvalue weighted by Gasteiger charge is 2.19. The van der Waals surface area contributed by atoms with Crippen molar-refractivity contribution < 1.29 is 17.9 Å². The van der Waals surface area contributed by atoms with E-state index in [9.17, 15) is 13.2 Å². The number of sulfone groups is 1. The Balaban J connectivity index is 2.68. The number of nitrogens with one attached hydrogen (secondary N) is 1. The number of benzene rings is 1. The summed E-state index contributed by atoms with van der Waals surface area (Å²) in [5, 5.41) is 2.90. The van der Waals surface area contributed by atoms with Gasteiger partial charge < -0.3 is 10.1 Å². The number of alkyl halides is 1. The van der Waals surface area contributed by atoms with E-state index in [-0.39, 0.29) is 4.90 Å². The van der Waals surface area contributed by atoms with Gasteiger partial charge in [-0.1, -0.05) is 28.1 Å². The van der Waals surface area contributed by atoms with Gasteiger partial charge in [0.05, 0.1) is 4.90 Å². The maximum absolute atomic E-state index is 12.0. The monoisotopic (exact) mass is 363 g/mol. The van der Waals surface area contributed by atoms with Crippen molar-refractivity contribution in [3.05, 3.63) is 29.8 Å². The van der Waals surface area contributed by atoms with E-state index >= 15 is 0 Å². The molecular weight excluding hydrogens is 346 g/mol. The summed E-state index contributed by atoms with van der Waals surface area (Å²) < 4.78 is 29.0. The summed E-state index contributed by atoms with van der Waals surface area (Å²) in [6.45, 7) is 5.13. The number of alkyl carbamates (subject to hydrolysis) is 1. The molecule has 0 aliphatic carbocycles. The molecule has 0 saturated heterocycles. The van der Waals surface area contributed by atoms with Gasteiger partial charge in [0.25, 0.3) is 0 Å². The Hall–Kier alpha value is -1.08. The van der Waals surface area contributed by atoms with E-state index in [1.807, 2.05) is 0 Å². The predicted octanol–water partition coefficient (Wildman–Crippen LogP) is 2.84. The van der Waals surface area contributed by atoms with Crippen molar-refractivity contribution in [3.63, 3.8) is 0 Å². The van der Waals surface area contributed by atoms with Crippen LogP contribution >= 0.6 is 15.9 Å². The molecule has 1 amide bonds. The zero-order valence-electron chi connectivity index (χ0n) is 11.6. The Morgan fingerprint density at radius 3 is 2.25 bits per heavy atom. The second-order valence-electron chi connectivity index (χ2n) is 5.22. The zero-order chi connectivity index (χ0) is 15.4. The van der Waals surface area contributed by atoms with E-state index in [0.717, 1.165) is 5.56 Å². The molecule has 1 N–H and O–H groups in total. The topological polar surface area (TPSA) is 72.5 Å². The molecular formula is C13H18BrNO4S. The molecule has 0 unspecified atom stereocenters. The van der Waals surface area contributed by atoms with Gasteiger partial charge in [-0.25, -0.2) is 13.2 Å². The largest absolute Gasteiger partial charge is 0.444 e. The number of carbonyl (C=O) groups excluding carboxylic acids is 1. The second kappa shape index (κ2) is 6.58. The van der Waals surface area contributed by atoms with E-state index in [1.54, 1.807) is 32.9 Å². The van der Waals surface area contributed by atoms with Gasteiger partial charge in [0.2, 0.25) is 0 Å². The summed E-state index contributed by atoms with van der Waals surface area (Å²) >= 11 is 3.29. The predicted molar refractivity (Wildman–Crippen MR) is 80.5 cm³/mol. The average Bonchev–Trinajstić information content (AvgIpc) is 2.35. The Bertz CT molecular complexity index is 561. The van der Waals surface area contributed by atoms with Crippen LogP contribution in [0.4, 0.5) is 4.79 Å². The van der Waals surface area contributed by atoms with Gasteiger partial charge >= 0.3 is 6.09 Å². The third-order valence-electron chi connectivity index (χ3n) is 2.24. The Morgan fingerprint density at radius 2 is 1.80 bits per heavy atom. The van der Waals surface area contributed by atoms with Gasteiger partial charge in [-0.05, 0) is 38.5 Å². The van der Waals surface area contributed by atoms with Crippen LogP contribution < -0.4 is 5.32 Å². The first-order chi connectivity index (χ1) is 9.14. The fourth-order valence-corrected chi connectivity index (χ4v) is 2.74. The highest BCUT2D eigenvalue weighted by Crippen LogP contribution is 2.14. The molecule has 112 valence electrons. The third kappa shape index (κ3) is 5.50. The SMILES string of the molecule is CC(C)(C)OC(=O)NCS(=O)(=O)c1ccc(CBr)cc1. The van der Waals surface area contributed by atoms with Crippen LogP contribution in [0, 0.1) is 0 Å². The summed E-state index contributed by atoms with van der Waals surface area (Å²) in [7, 11) is -3.56. The van der Waals surface area contributed by atoms with Crippen molar-refractivity contribution in [1.82, 2.24) is 5.32 Å². The molecule has 0 saturated carbocycles. The van der Waals surface area contributed by atoms with E-state index in [1.165, 1.54) is 12.1 Å². The van der Waals surface area contributed by atoms with E-state index < -0.39 is 27.4 Å². The van der Waals surface area contributed by atoms with E-state index in [4.69, 9.17) is 4.74 Å². The molecule has 0 spiro atoms. The van der Waals surface area contributed by atoms with Gasteiger partial charge in [-0.3, -0.25) is 0 Å². The van der Waals surface area contributed by atoms with E-state index in [2.05, 4.69) is 21.2 Å². The van der Waals surface area contributed by atoms with Crippen LogP contribution in [0.5, 0.6) is 0 Å². The van der Waals surface area contributed by atoms with Crippen molar-refractivity contribution in [2.24, 2.45) is 0 Å². The van der Waals surface area contributed by atoms with Crippen molar-refractivity contribution >= 4 is 31.9 Å². The maximum atomic E-state index is 12.0. The van der Waals surface area contributed by atoms with Crippen molar-refractivity contribution in [3.8, 4) is 0 Å². The molecule has 0 atom stereocenters. The van der Waals surface area contributed by atoms with Crippen LogP contribution in [0.25, 0.3) is 0 Å². The summed E-state index contributed by atoms with van der Waals surface area (Å²) in [4.78, 5) is 11.6. The summed E-state index contributed by atoms with van der Waals surface area (Å²) in [6.07, 6.45) is -0.752. The minimum Gasteiger partial charge on any atom is -0.444 e. The van der Waals surface area contributed by atoms with Gasteiger partial charge in [-0.15, -0.1) is 0 Å². The number of carbonyl (C=O) groups is 1. The standard InChI is InChI=1S/C13H18BrNO4S/c1-13(2,3)19-12(16)15-9-20(17,18)11-6-4-10(8-14)5-7-11/h4-7H,8-9H2,1-3H3,(H,15,16). The molecule has 0 aliphatic rings. The molecule has 20 heavy (non-hydrogen) atoms. The third-order valence-corrected chi connectivity index (χ3v) is 4.40. The second-order valence-corrected chi connectivity index (χ2v) is 7.77. The Morgan fingerprint density at radius 1 is 1.25 bits per heavy atom. The van der Waals surface area contributed by atoms with Crippen LogP contribution in [-0.2, 0) is 19.9 Å². The van der Waals surface area contributed by atoms with Gasteiger partial charge in [-0.2, -0.15) is 0 Å². The normalized spacial score (nSPS) is 12.0. The highest BCUT2D eigenvalue weighted by molar-refractivity contribution is 9.08. The lowest BCUT2D eigenvalue weighted by Gasteiger charge is -2.19. The highest BCUT2D eigenvalue weighted by atomic mass is 79.9. The number of rotatable bonds is 4. The van der Waals surface area contributed by atoms with Crippen molar-refractivity contribution in [2.75, 3.05) is 5.88 Å². The fraction of sp³-hybridized carbons (Fsp3) is 0.462. The molecule has 1 aromatic carbocycles. The number of halogens is 1. The number of ether oxygens (including phenoxy) is 1. The van der Waals surface area contributed by atoms with Crippen LogP contribution in [0.3, 0.4) is 0 Å². The smallest absolute Gasteiger partial charge is 0.408 e. The van der Waals surface area contributed by atoms with Gasteiger partial charge in [0, 0.05) is 5.33 Å². The molecule has 0 bridgehead atoms. The number of hydrogen-bond acceptors (Lipinski definition) is 4. The summed E-state index contributed by atoms with van der Waals surface area (Å²) in [6, 6.07) is 6.47. The first-order valence-electron chi connectivity index (χ1n) is 5.98.